The van der Waals surface area contributed by atoms with E-state index in [0.717, 1.165) is 31.9 Å². The highest BCUT2D eigenvalue weighted by atomic mass is 19.4. The van der Waals surface area contributed by atoms with Crippen molar-refractivity contribution in [2.45, 2.75) is 68.3 Å². The molecule has 29 heavy (non-hydrogen) atoms. The molecule has 1 aromatic rings. The van der Waals surface area contributed by atoms with Crippen molar-refractivity contribution in [1.29, 1.82) is 0 Å². The second-order valence-corrected chi connectivity index (χ2v) is 8.57. The molecule has 1 spiro atoms. The van der Waals surface area contributed by atoms with Gasteiger partial charge in [0, 0.05) is 18.6 Å². The number of nitrogens with one attached hydrogen (secondary N) is 2. The number of ether oxygens (including phenoxy) is 1. The van der Waals surface area contributed by atoms with Gasteiger partial charge in [0.25, 0.3) is 0 Å². The van der Waals surface area contributed by atoms with Crippen LogP contribution in [0.5, 0.6) is 0 Å². The minimum atomic E-state index is -4.62. The van der Waals surface area contributed by atoms with Crippen molar-refractivity contribution >= 4 is 5.82 Å². The molecule has 2 heterocycles. The van der Waals surface area contributed by atoms with E-state index in [0.29, 0.717) is 30.2 Å². The molecule has 1 aliphatic heterocycles. The molecule has 4 atom stereocenters. The zero-order chi connectivity index (χ0) is 20.8. The fraction of sp³-hybridized carbons (Fsp3) is 0.778. The van der Waals surface area contributed by atoms with Crippen LogP contribution in [0.4, 0.5) is 19.0 Å². The number of anilines is 1. The second kappa shape index (κ2) is 7.62. The minimum absolute atomic E-state index is 0.0198. The van der Waals surface area contributed by atoms with E-state index in [4.69, 9.17) is 10.5 Å². The maximum absolute atomic E-state index is 12.8. The van der Waals surface area contributed by atoms with E-state index in [-0.39, 0.29) is 12.4 Å². The Balaban J connectivity index is 1.26. The number of hydrogen-bond acceptors (Lipinski definition) is 8. The molecule has 4 rings (SSSR count). The number of alkyl halides is 3. The summed E-state index contributed by atoms with van der Waals surface area (Å²) in [6.07, 6.45) is -1.62. The third kappa shape index (κ3) is 4.33. The van der Waals surface area contributed by atoms with E-state index < -0.39 is 36.2 Å². The van der Waals surface area contributed by atoms with Crippen LogP contribution in [0.2, 0.25) is 0 Å². The van der Waals surface area contributed by atoms with Crippen LogP contribution in [-0.2, 0) is 10.9 Å². The van der Waals surface area contributed by atoms with Crippen LogP contribution < -0.4 is 16.4 Å². The monoisotopic (exact) mass is 417 g/mol. The molecule has 0 amide bonds. The van der Waals surface area contributed by atoms with Gasteiger partial charge in [-0.15, -0.1) is 0 Å². The smallest absolute Gasteiger partial charge is 0.388 e. The summed E-state index contributed by atoms with van der Waals surface area (Å²) in [6.45, 7) is 0.410. The van der Waals surface area contributed by atoms with Crippen molar-refractivity contribution in [2.24, 2.45) is 11.1 Å². The summed E-state index contributed by atoms with van der Waals surface area (Å²) in [5.41, 5.74) is 5.12. The van der Waals surface area contributed by atoms with Crippen LogP contribution in [0, 0.1) is 5.41 Å². The van der Waals surface area contributed by atoms with E-state index in [1.165, 1.54) is 0 Å². The number of aliphatic hydroxyl groups excluding tert-OH is 2. The maximum atomic E-state index is 12.8. The van der Waals surface area contributed by atoms with Crippen LogP contribution in [-0.4, -0.2) is 69.8 Å². The molecule has 1 aromatic heterocycles. The summed E-state index contributed by atoms with van der Waals surface area (Å²) in [7, 11) is 0. The molecule has 3 fully saturated rings. The fourth-order valence-corrected chi connectivity index (χ4v) is 4.75. The van der Waals surface area contributed by atoms with Gasteiger partial charge < -0.3 is 31.3 Å². The van der Waals surface area contributed by atoms with Crippen molar-refractivity contribution in [3.05, 3.63) is 18.1 Å². The molecule has 1 unspecified atom stereocenters. The van der Waals surface area contributed by atoms with Gasteiger partial charge in [0.1, 0.15) is 18.0 Å². The van der Waals surface area contributed by atoms with E-state index in [1.807, 2.05) is 0 Å². The highest BCUT2D eigenvalue weighted by Crippen LogP contribution is 2.55. The molecule has 162 valence electrons. The predicted octanol–water partition coefficient (Wildman–Crippen LogP) is 0.256. The Hall–Kier alpha value is -1.53. The van der Waals surface area contributed by atoms with Crippen LogP contribution in [0.3, 0.4) is 0 Å². The Bertz CT molecular complexity index is 723. The highest BCUT2D eigenvalue weighted by molar-refractivity contribution is 5.34. The quantitative estimate of drug-likeness (QED) is 0.462. The molecule has 8 nitrogen and oxygen atoms in total. The van der Waals surface area contributed by atoms with Gasteiger partial charge in [-0.1, -0.05) is 0 Å². The number of aromatic nitrogens is 2. The molecule has 1 saturated heterocycles. The first-order valence-corrected chi connectivity index (χ1v) is 9.78. The van der Waals surface area contributed by atoms with Crippen LogP contribution in [0.25, 0.3) is 0 Å². The third-order valence-electron chi connectivity index (χ3n) is 6.25. The average Bonchev–Trinajstić information content (AvgIpc) is 2.61. The lowest BCUT2D eigenvalue weighted by atomic mass is 9.52. The lowest BCUT2D eigenvalue weighted by Crippen LogP contribution is -2.62. The summed E-state index contributed by atoms with van der Waals surface area (Å²) < 4.78 is 43.9. The van der Waals surface area contributed by atoms with Gasteiger partial charge in [0.2, 0.25) is 0 Å². The largest absolute Gasteiger partial charge is 0.434 e. The molecule has 0 bridgehead atoms. The first-order valence-electron chi connectivity index (χ1n) is 9.78. The first-order chi connectivity index (χ1) is 13.7. The Kier molecular flexibility index (Phi) is 5.45. The number of halogens is 3. The summed E-state index contributed by atoms with van der Waals surface area (Å²) in [4.78, 5) is 6.98. The van der Waals surface area contributed by atoms with Crippen LogP contribution in [0.15, 0.2) is 12.4 Å². The fourth-order valence-electron chi connectivity index (χ4n) is 4.75. The van der Waals surface area contributed by atoms with Gasteiger partial charge in [-0.3, -0.25) is 4.98 Å². The van der Waals surface area contributed by atoms with Crippen molar-refractivity contribution < 1.29 is 28.1 Å². The second-order valence-electron chi connectivity index (χ2n) is 8.57. The van der Waals surface area contributed by atoms with Gasteiger partial charge in [0.15, 0.2) is 5.69 Å². The Morgan fingerprint density at radius 2 is 1.90 bits per heavy atom. The number of rotatable bonds is 5. The van der Waals surface area contributed by atoms with E-state index in [9.17, 15) is 23.4 Å². The average molecular weight is 417 g/mol. The van der Waals surface area contributed by atoms with Crippen molar-refractivity contribution in [3.8, 4) is 0 Å². The molecular formula is C18H26F3N5O3. The molecular weight excluding hydrogens is 391 g/mol. The summed E-state index contributed by atoms with van der Waals surface area (Å²) >= 11 is 0. The van der Waals surface area contributed by atoms with Crippen molar-refractivity contribution in [2.75, 3.05) is 18.5 Å². The standard InChI is InChI=1S/C18H26F3N5O3/c19-18(20,21)13-6-23-7-14(26-13)25-11-8-29-12(16(28)15(11)27)5-24-10-3-17(4-10)1-9(22)2-17/h6-7,9-12,15-16,24,27-28H,1-5,8,22H2,(H,25,26)/t9?,10?,11-,12?,15+,16-,17?/m0/s1. The van der Waals surface area contributed by atoms with Gasteiger partial charge in [-0.2, -0.15) is 13.2 Å². The number of hydrogen-bond donors (Lipinski definition) is 5. The zero-order valence-corrected chi connectivity index (χ0v) is 15.8. The van der Waals surface area contributed by atoms with Gasteiger partial charge >= 0.3 is 6.18 Å². The Labute approximate surface area is 166 Å². The van der Waals surface area contributed by atoms with Gasteiger partial charge in [0.05, 0.1) is 31.1 Å². The maximum Gasteiger partial charge on any atom is 0.434 e. The predicted molar refractivity (Wildman–Crippen MR) is 96.9 cm³/mol. The summed E-state index contributed by atoms with van der Waals surface area (Å²) in [6, 6.07) is -0.130. The first kappa shape index (κ1) is 20.7. The van der Waals surface area contributed by atoms with E-state index in [2.05, 4.69) is 20.6 Å². The summed E-state index contributed by atoms with van der Waals surface area (Å²) in [5, 5.41) is 26.8. The minimum Gasteiger partial charge on any atom is -0.388 e. The molecule has 0 aromatic carbocycles. The number of nitrogens with zero attached hydrogens (tertiary/aromatic N) is 2. The van der Waals surface area contributed by atoms with Crippen molar-refractivity contribution in [1.82, 2.24) is 15.3 Å². The lowest BCUT2D eigenvalue weighted by Gasteiger charge is -2.57. The topological polar surface area (TPSA) is 126 Å². The van der Waals surface area contributed by atoms with E-state index >= 15 is 0 Å². The van der Waals surface area contributed by atoms with Crippen LogP contribution >= 0.6 is 0 Å². The van der Waals surface area contributed by atoms with Gasteiger partial charge in [-0.25, -0.2) is 4.98 Å². The van der Waals surface area contributed by atoms with E-state index in [1.54, 1.807) is 0 Å². The third-order valence-corrected chi connectivity index (χ3v) is 6.25. The Morgan fingerprint density at radius 3 is 2.55 bits per heavy atom. The molecule has 0 radical (unpaired) electrons. The lowest BCUT2D eigenvalue weighted by molar-refractivity contribution is -0.142. The molecule has 2 aliphatic carbocycles. The van der Waals surface area contributed by atoms with Crippen molar-refractivity contribution in [3.63, 3.8) is 0 Å². The SMILES string of the molecule is NC1CC2(C1)CC(NCC1OC[C@H](Nc3cncc(C(F)(F)F)n3)[C@@H](O)[C@H]1O)C2. The number of aliphatic hydroxyl groups is 2. The molecule has 6 N–H and O–H groups in total. The van der Waals surface area contributed by atoms with Crippen LogP contribution in [0.1, 0.15) is 31.4 Å². The summed E-state index contributed by atoms with van der Waals surface area (Å²) in [5.74, 6) is -0.144. The Morgan fingerprint density at radius 1 is 1.17 bits per heavy atom. The van der Waals surface area contributed by atoms with Gasteiger partial charge in [-0.05, 0) is 31.1 Å². The molecule has 11 heteroatoms. The normalized spacial score (nSPS) is 39.7. The highest BCUT2D eigenvalue weighted by Gasteiger charge is 2.51. The molecule has 2 saturated carbocycles. The number of nitrogens with two attached hydrogens (primary N) is 1. The zero-order valence-electron chi connectivity index (χ0n) is 15.8. The molecule has 3 aliphatic rings.